The van der Waals surface area contributed by atoms with Crippen molar-refractivity contribution >= 4 is 34.5 Å². The first-order valence-corrected chi connectivity index (χ1v) is 9.72. The molecule has 2 rings (SSSR count). The molecule has 8 heteroatoms. The Bertz CT molecular complexity index is 990. The lowest BCUT2D eigenvalue weighted by molar-refractivity contribution is -0.145. The van der Waals surface area contributed by atoms with Crippen LogP contribution in [0.5, 0.6) is 0 Å². The number of primary amides is 1. The summed E-state index contributed by atoms with van der Waals surface area (Å²) in [5, 5.41) is 12.6. The number of fused-ring (bicyclic) bond motifs is 1. The Morgan fingerprint density at radius 3 is 2.43 bits per heavy atom. The zero-order chi connectivity index (χ0) is 22.4. The molecule has 1 aromatic carbocycles. The highest BCUT2D eigenvalue weighted by Crippen LogP contribution is 2.21. The van der Waals surface area contributed by atoms with E-state index in [-0.39, 0.29) is 5.92 Å². The minimum absolute atomic E-state index is 0.363. The van der Waals surface area contributed by atoms with Crippen LogP contribution in [0, 0.1) is 11.8 Å². The van der Waals surface area contributed by atoms with E-state index in [9.17, 15) is 19.2 Å². The summed E-state index contributed by atoms with van der Waals surface area (Å²) in [4.78, 5) is 48.7. The van der Waals surface area contributed by atoms with Gasteiger partial charge in [0.25, 0.3) is 5.91 Å². The topological polar surface area (TPSA) is 131 Å². The molecule has 4 N–H and O–H groups in total. The van der Waals surface area contributed by atoms with Gasteiger partial charge < -0.3 is 20.7 Å². The second kappa shape index (κ2) is 9.87. The van der Waals surface area contributed by atoms with Gasteiger partial charge in [0.2, 0.25) is 5.91 Å². The van der Waals surface area contributed by atoms with E-state index < -0.39 is 41.9 Å². The maximum atomic E-state index is 13.1. The standard InChI is InChI=1S/C22H27N3O5/c1-4-5-10-25-16-9-7-6-8-14(16)11-17(25)22(30)24-19(13(2)3)20(28)15(21(23)29)12-18(26)27/h4-9,11,13,15,19H,10,12H2,1-3H3,(H2,23,29)(H,24,30)(H,26,27)/t15-,19-/m0/s1. The molecular weight excluding hydrogens is 386 g/mol. The normalized spacial score (nSPS) is 13.5. The van der Waals surface area contributed by atoms with Crippen molar-refractivity contribution in [3.63, 3.8) is 0 Å². The third-order valence-corrected chi connectivity index (χ3v) is 4.89. The van der Waals surface area contributed by atoms with Crippen LogP contribution in [-0.4, -0.2) is 39.3 Å². The molecule has 0 saturated carbocycles. The van der Waals surface area contributed by atoms with Crippen LogP contribution < -0.4 is 11.1 Å². The second-order valence-corrected chi connectivity index (χ2v) is 7.42. The van der Waals surface area contributed by atoms with Crippen molar-refractivity contribution in [2.24, 2.45) is 17.6 Å². The van der Waals surface area contributed by atoms with Gasteiger partial charge in [-0.2, -0.15) is 0 Å². The maximum Gasteiger partial charge on any atom is 0.304 e. The van der Waals surface area contributed by atoms with Gasteiger partial charge in [-0.05, 0) is 25.0 Å². The van der Waals surface area contributed by atoms with Gasteiger partial charge in [-0.3, -0.25) is 19.2 Å². The van der Waals surface area contributed by atoms with Crippen molar-refractivity contribution in [2.45, 2.75) is 39.8 Å². The van der Waals surface area contributed by atoms with E-state index in [0.717, 1.165) is 10.9 Å². The Kier molecular flexibility index (Phi) is 7.52. The third kappa shape index (κ3) is 5.14. The molecule has 0 fully saturated rings. The van der Waals surface area contributed by atoms with Crippen LogP contribution in [-0.2, 0) is 20.9 Å². The van der Waals surface area contributed by atoms with Crippen molar-refractivity contribution in [3.05, 3.63) is 48.2 Å². The number of hydrogen-bond acceptors (Lipinski definition) is 4. The molecule has 0 aliphatic carbocycles. The van der Waals surface area contributed by atoms with Crippen LogP contribution in [0.3, 0.4) is 0 Å². The van der Waals surface area contributed by atoms with Gasteiger partial charge >= 0.3 is 5.97 Å². The molecule has 0 aliphatic heterocycles. The van der Waals surface area contributed by atoms with Gasteiger partial charge in [0.15, 0.2) is 5.78 Å². The first-order valence-electron chi connectivity index (χ1n) is 9.72. The highest BCUT2D eigenvalue weighted by atomic mass is 16.4. The fraction of sp³-hybridized carbons (Fsp3) is 0.364. The number of carbonyl (C=O) groups excluding carboxylic acids is 3. The van der Waals surface area contributed by atoms with E-state index in [2.05, 4.69) is 5.32 Å². The summed E-state index contributed by atoms with van der Waals surface area (Å²) in [6, 6.07) is 8.21. The number of nitrogens with two attached hydrogens (primary N) is 1. The Morgan fingerprint density at radius 1 is 1.20 bits per heavy atom. The van der Waals surface area contributed by atoms with Crippen molar-refractivity contribution in [3.8, 4) is 0 Å². The third-order valence-electron chi connectivity index (χ3n) is 4.89. The van der Waals surface area contributed by atoms with E-state index in [1.54, 1.807) is 19.9 Å². The van der Waals surface area contributed by atoms with Gasteiger partial charge in [0.1, 0.15) is 11.6 Å². The summed E-state index contributed by atoms with van der Waals surface area (Å²) in [6.07, 6.45) is 3.07. The highest BCUT2D eigenvalue weighted by molar-refractivity contribution is 6.07. The van der Waals surface area contributed by atoms with E-state index in [1.165, 1.54) is 0 Å². The van der Waals surface area contributed by atoms with Crippen molar-refractivity contribution in [1.82, 2.24) is 9.88 Å². The number of hydrogen-bond donors (Lipinski definition) is 3. The highest BCUT2D eigenvalue weighted by Gasteiger charge is 2.35. The number of carboxylic acid groups (broad SMARTS) is 1. The quantitative estimate of drug-likeness (QED) is 0.405. The zero-order valence-corrected chi connectivity index (χ0v) is 17.3. The first-order chi connectivity index (χ1) is 14.2. The molecular formula is C22H27N3O5. The monoisotopic (exact) mass is 413 g/mol. The van der Waals surface area contributed by atoms with Crippen LogP contribution in [0.15, 0.2) is 42.5 Å². The van der Waals surface area contributed by atoms with Gasteiger partial charge in [-0.25, -0.2) is 0 Å². The van der Waals surface area contributed by atoms with E-state index in [1.807, 2.05) is 47.9 Å². The molecule has 0 bridgehead atoms. The van der Waals surface area contributed by atoms with Crippen molar-refractivity contribution < 1.29 is 24.3 Å². The smallest absolute Gasteiger partial charge is 0.304 e. The first kappa shape index (κ1) is 22.9. The molecule has 1 aromatic heterocycles. The Labute approximate surface area is 174 Å². The number of rotatable bonds is 10. The summed E-state index contributed by atoms with van der Waals surface area (Å²) >= 11 is 0. The Hall–Kier alpha value is -3.42. The Balaban J connectivity index is 2.38. The van der Waals surface area contributed by atoms with E-state index in [0.29, 0.717) is 12.2 Å². The number of amides is 2. The largest absolute Gasteiger partial charge is 0.481 e. The fourth-order valence-electron chi connectivity index (χ4n) is 3.32. The average Bonchev–Trinajstić information content (AvgIpc) is 3.06. The minimum Gasteiger partial charge on any atom is -0.481 e. The number of carboxylic acids is 1. The van der Waals surface area contributed by atoms with Crippen molar-refractivity contribution in [2.75, 3.05) is 0 Å². The van der Waals surface area contributed by atoms with Gasteiger partial charge in [0.05, 0.1) is 12.5 Å². The molecule has 8 nitrogen and oxygen atoms in total. The number of allylic oxidation sites excluding steroid dienone is 2. The number of benzene rings is 1. The SMILES string of the molecule is CC=CCn1c(C(=O)N[C@H](C(=O)[C@H](CC(=O)O)C(N)=O)C(C)C)cc2ccccc21. The summed E-state index contributed by atoms with van der Waals surface area (Å²) in [7, 11) is 0. The lowest BCUT2D eigenvalue weighted by Crippen LogP contribution is -2.50. The molecule has 30 heavy (non-hydrogen) atoms. The number of ketones is 1. The number of aliphatic carboxylic acids is 1. The molecule has 2 aromatic rings. The molecule has 160 valence electrons. The predicted octanol–water partition coefficient (Wildman–Crippen LogP) is 2.12. The van der Waals surface area contributed by atoms with Crippen LogP contribution in [0.4, 0.5) is 0 Å². The van der Waals surface area contributed by atoms with Crippen LogP contribution in [0.25, 0.3) is 10.9 Å². The molecule has 2 amide bonds. The minimum atomic E-state index is -1.51. The van der Waals surface area contributed by atoms with Crippen LogP contribution in [0.1, 0.15) is 37.7 Å². The molecule has 0 radical (unpaired) electrons. The molecule has 0 aliphatic rings. The van der Waals surface area contributed by atoms with Crippen LogP contribution in [0.2, 0.25) is 0 Å². The molecule has 1 heterocycles. The molecule has 0 saturated heterocycles. The number of Topliss-reactive ketones (excluding diaryl/α,β-unsaturated/α-hetero) is 1. The van der Waals surface area contributed by atoms with Crippen molar-refractivity contribution in [1.29, 1.82) is 0 Å². The molecule has 0 spiro atoms. The summed E-state index contributed by atoms with van der Waals surface area (Å²) in [5.41, 5.74) is 6.48. The second-order valence-electron chi connectivity index (χ2n) is 7.42. The summed E-state index contributed by atoms with van der Waals surface area (Å²) in [5.74, 6) is -5.41. The summed E-state index contributed by atoms with van der Waals surface area (Å²) < 4.78 is 1.83. The lowest BCUT2D eigenvalue weighted by atomic mass is 9.88. The fourth-order valence-corrected chi connectivity index (χ4v) is 3.32. The number of para-hydroxylation sites is 1. The predicted molar refractivity (Wildman–Crippen MR) is 113 cm³/mol. The molecule has 2 atom stereocenters. The van der Waals surface area contributed by atoms with Gasteiger partial charge in [-0.15, -0.1) is 0 Å². The lowest BCUT2D eigenvalue weighted by Gasteiger charge is -2.24. The summed E-state index contributed by atoms with van der Waals surface area (Å²) in [6.45, 7) is 5.76. The number of aromatic nitrogens is 1. The Morgan fingerprint density at radius 2 is 1.87 bits per heavy atom. The van der Waals surface area contributed by atoms with Gasteiger partial charge in [0, 0.05) is 17.4 Å². The zero-order valence-electron chi connectivity index (χ0n) is 17.3. The molecule has 0 unspecified atom stereocenters. The van der Waals surface area contributed by atoms with Crippen LogP contribution >= 0.6 is 0 Å². The van der Waals surface area contributed by atoms with E-state index in [4.69, 9.17) is 10.8 Å². The maximum absolute atomic E-state index is 13.1. The number of nitrogens with zero attached hydrogens (tertiary/aromatic N) is 1. The van der Waals surface area contributed by atoms with Gasteiger partial charge in [-0.1, -0.05) is 44.2 Å². The van der Waals surface area contributed by atoms with E-state index >= 15 is 0 Å². The average molecular weight is 413 g/mol. The number of nitrogens with one attached hydrogen (secondary N) is 1. The number of carbonyl (C=O) groups is 4.